The highest BCUT2D eigenvalue weighted by Crippen LogP contribution is 2.39. The minimum atomic E-state index is -4.42. The minimum Gasteiger partial charge on any atom is -0.349 e. The van der Waals surface area contributed by atoms with Crippen LogP contribution in [0.25, 0.3) is 10.2 Å². The van der Waals surface area contributed by atoms with Crippen LogP contribution in [0.2, 0.25) is 0 Å². The van der Waals surface area contributed by atoms with Crippen molar-refractivity contribution in [3.8, 4) is 0 Å². The fraction of sp³-hybridized carbons (Fsp3) is 0.500. The van der Waals surface area contributed by atoms with E-state index in [0.717, 1.165) is 18.9 Å². The van der Waals surface area contributed by atoms with E-state index in [2.05, 4.69) is 4.98 Å². The third-order valence-corrected chi connectivity index (χ3v) is 5.28. The number of fused-ring (bicyclic) bond motifs is 1. The van der Waals surface area contributed by atoms with Crippen LogP contribution in [-0.2, 0) is 11.0 Å². The maximum atomic E-state index is 13.1. The number of amides is 1. The Balaban J connectivity index is 1.91. The van der Waals surface area contributed by atoms with Crippen LogP contribution >= 0.6 is 11.3 Å². The Kier molecular flexibility index (Phi) is 4.42. The Bertz CT molecular complexity index is 757. The number of piperidine rings is 1. The number of benzene rings is 1. The monoisotopic (exact) mass is 357 g/mol. The summed E-state index contributed by atoms with van der Waals surface area (Å²) in [6.45, 7) is 1.20. The number of thiazole rings is 1. The molecule has 1 aromatic heterocycles. The molecule has 0 bridgehead atoms. The molecule has 1 aliphatic rings. The fourth-order valence-corrected chi connectivity index (χ4v) is 4.05. The summed E-state index contributed by atoms with van der Waals surface area (Å²) in [6, 6.07) is 4.11. The molecule has 1 fully saturated rings. The number of hydrogen-bond donors (Lipinski definition) is 0. The summed E-state index contributed by atoms with van der Waals surface area (Å²) in [4.78, 5) is 19.9. The lowest BCUT2D eigenvalue weighted by molar-refractivity contribution is -0.136. The molecule has 0 N–H and O–H groups in total. The standard InChI is InChI=1S/C16H18F3N3OS/c1-21(2)14(23)10-5-4-8-22(9-10)15-20-13-11(16(17,18)19)6-3-7-12(13)24-15/h3,6-7,10H,4-5,8-9H2,1-2H3. The molecule has 1 saturated heterocycles. The zero-order valence-electron chi connectivity index (χ0n) is 13.4. The van der Waals surface area contributed by atoms with Crippen molar-refractivity contribution in [1.82, 2.24) is 9.88 Å². The smallest absolute Gasteiger partial charge is 0.349 e. The number of carbonyl (C=O) groups is 1. The molecule has 2 aromatic rings. The van der Waals surface area contributed by atoms with E-state index in [1.807, 2.05) is 4.90 Å². The largest absolute Gasteiger partial charge is 0.418 e. The second kappa shape index (κ2) is 6.23. The van der Waals surface area contributed by atoms with Gasteiger partial charge in [0.1, 0.15) is 0 Å². The molecule has 1 aliphatic heterocycles. The number of rotatable bonds is 2. The van der Waals surface area contributed by atoms with Gasteiger partial charge in [-0.3, -0.25) is 4.79 Å². The number of halogens is 3. The summed E-state index contributed by atoms with van der Waals surface area (Å²) >= 11 is 1.25. The van der Waals surface area contributed by atoms with Crippen LogP contribution in [0, 0.1) is 5.92 Å². The summed E-state index contributed by atoms with van der Waals surface area (Å²) in [5, 5.41) is 0.554. The number of nitrogens with zero attached hydrogens (tertiary/aromatic N) is 3. The van der Waals surface area contributed by atoms with E-state index in [4.69, 9.17) is 0 Å². The zero-order chi connectivity index (χ0) is 17.5. The van der Waals surface area contributed by atoms with E-state index >= 15 is 0 Å². The molecule has 8 heteroatoms. The van der Waals surface area contributed by atoms with Gasteiger partial charge >= 0.3 is 6.18 Å². The Hall–Kier alpha value is -1.83. The van der Waals surface area contributed by atoms with Crippen LogP contribution in [0.3, 0.4) is 0 Å². The van der Waals surface area contributed by atoms with Crippen LogP contribution < -0.4 is 4.90 Å². The normalized spacial score (nSPS) is 18.9. The van der Waals surface area contributed by atoms with Crippen LogP contribution in [0.5, 0.6) is 0 Å². The molecule has 2 heterocycles. The van der Waals surface area contributed by atoms with Crippen LogP contribution in [0.15, 0.2) is 18.2 Å². The van der Waals surface area contributed by atoms with Crippen molar-refractivity contribution < 1.29 is 18.0 Å². The van der Waals surface area contributed by atoms with Crippen LogP contribution in [0.4, 0.5) is 18.3 Å². The van der Waals surface area contributed by atoms with Crippen molar-refractivity contribution in [2.24, 2.45) is 5.92 Å². The van der Waals surface area contributed by atoms with Gasteiger partial charge in [-0.2, -0.15) is 13.2 Å². The lowest BCUT2D eigenvalue weighted by Crippen LogP contribution is -2.42. The summed E-state index contributed by atoms with van der Waals surface area (Å²) < 4.78 is 39.9. The fourth-order valence-electron chi connectivity index (χ4n) is 3.02. The van der Waals surface area contributed by atoms with E-state index < -0.39 is 11.7 Å². The second-order valence-corrected chi connectivity index (χ2v) is 7.17. The van der Waals surface area contributed by atoms with Gasteiger partial charge in [0.15, 0.2) is 5.13 Å². The third-order valence-electron chi connectivity index (χ3n) is 4.20. The van der Waals surface area contributed by atoms with Crippen molar-refractivity contribution in [3.63, 3.8) is 0 Å². The number of para-hydroxylation sites is 1. The molecule has 1 aromatic carbocycles. The highest BCUT2D eigenvalue weighted by Gasteiger charge is 2.34. The van der Waals surface area contributed by atoms with E-state index in [-0.39, 0.29) is 17.3 Å². The first kappa shape index (κ1) is 17.0. The third kappa shape index (κ3) is 3.19. The molecule has 24 heavy (non-hydrogen) atoms. The topological polar surface area (TPSA) is 36.4 Å². The minimum absolute atomic E-state index is 0.00828. The molecule has 1 atom stereocenters. The second-order valence-electron chi connectivity index (χ2n) is 6.16. The quantitative estimate of drug-likeness (QED) is 0.824. The van der Waals surface area contributed by atoms with Crippen molar-refractivity contribution in [2.75, 3.05) is 32.1 Å². The van der Waals surface area contributed by atoms with Gasteiger partial charge < -0.3 is 9.80 Å². The Morgan fingerprint density at radius 1 is 1.38 bits per heavy atom. The lowest BCUT2D eigenvalue weighted by atomic mass is 9.97. The van der Waals surface area contributed by atoms with E-state index in [9.17, 15) is 18.0 Å². The SMILES string of the molecule is CN(C)C(=O)C1CCCN(c2nc3c(C(F)(F)F)cccc3s2)C1. The van der Waals surface area contributed by atoms with Gasteiger partial charge in [0.2, 0.25) is 5.91 Å². The average Bonchev–Trinajstić information content (AvgIpc) is 2.97. The van der Waals surface area contributed by atoms with E-state index in [1.54, 1.807) is 25.1 Å². The van der Waals surface area contributed by atoms with Gasteiger partial charge in [-0.25, -0.2) is 4.98 Å². The average molecular weight is 357 g/mol. The highest BCUT2D eigenvalue weighted by molar-refractivity contribution is 7.22. The maximum Gasteiger partial charge on any atom is 0.418 e. The van der Waals surface area contributed by atoms with Gasteiger partial charge in [0, 0.05) is 27.2 Å². The number of anilines is 1. The van der Waals surface area contributed by atoms with Gasteiger partial charge in [-0.05, 0) is 25.0 Å². The molecule has 3 rings (SSSR count). The van der Waals surface area contributed by atoms with Crippen molar-refractivity contribution in [3.05, 3.63) is 23.8 Å². The molecular formula is C16H18F3N3OS. The molecule has 0 radical (unpaired) electrons. The van der Waals surface area contributed by atoms with Crippen molar-refractivity contribution in [2.45, 2.75) is 19.0 Å². The Morgan fingerprint density at radius 2 is 2.12 bits per heavy atom. The number of carbonyl (C=O) groups excluding carboxylic acids is 1. The predicted octanol–water partition coefficient (Wildman–Crippen LogP) is 3.62. The Morgan fingerprint density at radius 3 is 2.79 bits per heavy atom. The molecule has 0 spiro atoms. The van der Waals surface area contributed by atoms with E-state index in [1.165, 1.54) is 17.4 Å². The maximum absolute atomic E-state index is 13.1. The molecule has 0 aliphatic carbocycles. The first-order valence-corrected chi connectivity index (χ1v) is 8.52. The first-order valence-electron chi connectivity index (χ1n) is 7.70. The molecule has 1 unspecified atom stereocenters. The highest BCUT2D eigenvalue weighted by atomic mass is 32.1. The molecule has 130 valence electrons. The van der Waals surface area contributed by atoms with Crippen LogP contribution in [-0.4, -0.2) is 43.0 Å². The first-order chi connectivity index (χ1) is 11.3. The van der Waals surface area contributed by atoms with Gasteiger partial charge in [-0.15, -0.1) is 0 Å². The molecule has 4 nitrogen and oxygen atoms in total. The van der Waals surface area contributed by atoms with Gasteiger partial charge in [0.05, 0.1) is 21.7 Å². The van der Waals surface area contributed by atoms with E-state index in [0.29, 0.717) is 22.9 Å². The van der Waals surface area contributed by atoms with Crippen molar-refractivity contribution >= 4 is 32.6 Å². The number of alkyl halides is 3. The van der Waals surface area contributed by atoms with Gasteiger partial charge in [-0.1, -0.05) is 17.4 Å². The summed E-state index contributed by atoms with van der Waals surface area (Å²) in [5.74, 6) is -0.0837. The van der Waals surface area contributed by atoms with Crippen molar-refractivity contribution in [1.29, 1.82) is 0 Å². The summed E-state index contributed by atoms with van der Waals surface area (Å²) in [6.07, 6.45) is -2.80. The summed E-state index contributed by atoms with van der Waals surface area (Å²) in [5.41, 5.74) is -0.716. The lowest BCUT2D eigenvalue weighted by Gasteiger charge is -2.32. The van der Waals surface area contributed by atoms with Crippen LogP contribution in [0.1, 0.15) is 18.4 Å². The molecule has 1 amide bonds. The zero-order valence-corrected chi connectivity index (χ0v) is 14.2. The summed E-state index contributed by atoms with van der Waals surface area (Å²) in [7, 11) is 3.43. The predicted molar refractivity (Wildman–Crippen MR) is 88.3 cm³/mol. The molecule has 0 saturated carbocycles. The van der Waals surface area contributed by atoms with Gasteiger partial charge in [0.25, 0.3) is 0 Å². The molecular weight excluding hydrogens is 339 g/mol. The number of hydrogen-bond acceptors (Lipinski definition) is 4. The Labute approximate surface area is 141 Å². The number of aromatic nitrogens is 1.